The number of anilines is 1. The zero-order valence-electron chi connectivity index (χ0n) is 18.3. The van der Waals surface area contributed by atoms with Crippen LogP contribution >= 0.6 is 23.1 Å². The van der Waals surface area contributed by atoms with Gasteiger partial charge in [0.15, 0.2) is 10.1 Å². The normalized spacial score (nSPS) is 18.3. The number of rotatable bonds is 6. The second-order valence-corrected chi connectivity index (χ2v) is 9.81. The summed E-state index contributed by atoms with van der Waals surface area (Å²) < 4.78 is 5.24. The van der Waals surface area contributed by atoms with Gasteiger partial charge in [-0.15, -0.1) is 10.2 Å². The Morgan fingerprint density at radius 1 is 1.33 bits per heavy atom. The van der Waals surface area contributed by atoms with E-state index in [2.05, 4.69) is 27.9 Å². The zero-order chi connectivity index (χ0) is 23.5. The van der Waals surface area contributed by atoms with Gasteiger partial charge in [0.1, 0.15) is 5.82 Å². The van der Waals surface area contributed by atoms with E-state index in [1.807, 2.05) is 24.3 Å². The lowest BCUT2D eigenvalue weighted by Gasteiger charge is -2.38. The van der Waals surface area contributed by atoms with Gasteiger partial charge in [-0.25, -0.2) is 0 Å². The number of nitriles is 1. The number of carbonyl (C=O) groups is 2. The number of nitrogens with zero attached hydrogens (tertiary/aromatic N) is 4. The third kappa shape index (κ3) is 4.38. The van der Waals surface area contributed by atoms with E-state index in [1.54, 1.807) is 4.90 Å². The number of nitrogens with two attached hydrogens (primary N) is 1. The Morgan fingerprint density at radius 2 is 2.09 bits per heavy atom. The number of hydrogen-bond acceptors (Lipinski definition) is 10. The Morgan fingerprint density at radius 3 is 2.76 bits per heavy atom. The minimum atomic E-state index is -0.499. The molecule has 1 aromatic heterocycles. The van der Waals surface area contributed by atoms with Gasteiger partial charge in [0, 0.05) is 17.7 Å². The highest BCUT2D eigenvalue weighted by molar-refractivity contribution is 8.01. The molecule has 0 bridgehead atoms. The number of esters is 1. The van der Waals surface area contributed by atoms with Crippen LogP contribution in [-0.2, 0) is 20.7 Å². The third-order valence-corrected chi connectivity index (χ3v) is 7.78. The van der Waals surface area contributed by atoms with Crippen molar-refractivity contribution in [1.29, 1.82) is 5.26 Å². The Hall–Kier alpha value is -3.16. The fraction of sp³-hybridized carbons (Fsp3) is 0.348. The minimum absolute atomic E-state index is 0.0240. The Kier molecular flexibility index (Phi) is 6.81. The SMILES string of the molecule is CCc1ccc(C2C(C#N)=C(N)N(c3nnc(SCC(=O)OC)s3)C3=C2C(=O)CCC3)cc1. The average Bonchev–Trinajstić information content (AvgIpc) is 3.30. The van der Waals surface area contributed by atoms with Crippen molar-refractivity contribution in [1.82, 2.24) is 10.2 Å². The second kappa shape index (κ2) is 9.77. The standard InChI is InChI=1S/C23H23N5O3S2/c1-3-13-7-9-14(10-8-13)19-15(11-24)21(25)28(16-5-4-6-17(29)20(16)19)22-26-27-23(33-22)32-12-18(30)31-2/h7-10,19H,3-6,12,25H2,1-2H3. The van der Waals surface area contributed by atoms with Crippen LogP contribution in [-0.4, -0.2) is 34.8 Å². The third-order valence-electron chi connectivity index (χ3n) is 5.76. The van der Waals surface area contributed by atoms with Crippen molar-refractivity contribution in [3.63, 3.8) is 0 Å². The van der Waals surface area contributed by atoms with Crippen molar-refractivity contribution in [2.45, 2.75) is 42.9 Å². The molecule has 2 heterocycles. The summed E-state index contributed by atoms with van der Waals surface area (Å²) in [6.45, 7) is 2.08. The largest absolute Gasteiger partial charge is 0.468 e. The number of ether oxygens (including phenoxy) is 1. The van der Waals surface area contributed by atoms with Crippen LogP contribution in [0.4, 0.5) is 5.13 Å². The summed E-state index contributed by atoms with van der Waals surface area (Å²) in [4.78, 5) is 26.3. The summed E-state index contributed by atoms with van der Waals surface area (Å²) in [5, 5.41) is 18.9. The van der Waals surface area contributed by atoms with Crippen LogP contribution < -0.4 is 10.6 Å². The highest BCUT2D eigenvalue weighted by Crippen LogP contribution is 2.47. The minimum Gasteiger partial charge on any atom is -0.468 e. The van der Waals surface area contributed by atoms with E-state index in [-0.39, 0.29) is 23.3 Å². The highest BCUT2D eigenvalue weighted by Gasteiger charge is 2.41. The van der Waals surface area contributed by atoms with E-state index in [1.165, 1.54) is 35.8 Å². The Labute approximate surface area is 200 Å². The van der Waals surface area contributed by atoms with Crippen molar-refractivity contribution in [2.75, 3.05) is 17.8 Å². The lowest BCUT2D eigenvalue weighted by Crippen LogP contribution is -2.38. The van der Waals surface area contributed by atoms with Crippen molar-refractivity contribution < 1.29 is 14.3 Å². The molecular weight excluding hydrogens is 458 g/mol. The quantitative estimate of drug-likeness (QED) is 0.486. The molecule has 0 radical (unpaired) electrons. The summed E-state index contributed by atoms with van der Waals surface area (Å²) in [7, 11) is 1.33. The summed E-state index contributed by atoms with van der Waals surface area (Å²) in [6, 6.07) is 10.3. The van der Waals surface area contributed by atoms with Gasteiger partial charge < -0.3 is 10.5 Å². The van der Waals surface area contributed by atoms with E-state index >= 15 is 0 Å². The molecule has 4 rings (SSSR count). The maximum absolute atomic E-state index is 13.2. The molecule has 33 heavy (non-hydrogen) atoms. The molecule has 1 atom stereocenters. The van der Waals surface area contributed by atoms with Crippen molar-refractivity contribution >= 4 is 40.0 Å². The molecule has 0 spiro atoms. The number of ketones is 1. The molecule has 0 fully saturated rings. The first-order valence-corrected chi connectivity index (χ1v) is 12.4. The van der Waals surface area contributed by atoms with Crippen molar-refractivity contribution in [3.05, 3.63) is 58.1 Å². The number of allylic oxidation sites excluding steroid dienone is 3. The molecule has 2 aliphatic rings. The van der Waals surface area contributed by atoms with E-state index in [4.69, 9.17) is 5.73 Å². The molecule has 0 saturated heterocycles. The van der Waals surface area contributed by atoms with Gasteiger partial charge in [0.05, 0.1) is 30.4 Å². The molecule has 1 aliphatic carbocycles. The molecule has 10 heteroatoms. The Bertz CT molecular complexity index is 1190. The lowest BCUT2D eigenvalue weighted by atomic mass is 9.75. The van der Waals surface area contributed by atoms with Crippen molar-refractivity contribution in [3.8, 4) is 6.07 Å². The van der Waals surface area contributed by atoms with Crippen LogP contribution in [0.2, 0.25) is 0 Å². The molecule has 1 unspecified atom stereocenters. The molecule has 2 aromatic rings. The summed E-state index contributed by atoms with van der Waals surface area (Å²) in [5.74, 6) is -0.462. The fourth-order valence-corrected chi connectivity index (χ4v) is 5.83. The van der Waals surface area contributed by atoms with Crippen molar-refractivity contribution in [2.24, 2.45) is 5.73 Å². The number of Topliss-reactive ketones (excluding diaryl/α,β-unsaturated/α-hetero) is 1. The molecule has 8 nitrogen and oxygen atoms in total. The van der Waals surface area contributed by atoms with E-state index in [9.17, 15) is 14.9 Å². The van der Waals surface area contributed by atoms with Crippen LogP contribution in [0, 0.1) is 11.3 Å². The van der Waals surface area contributed by atoms with Gasteiger partial charge in [0.2, 0.25) is 5.13 Å². The second-order valence-electron chi connectivity index (χ2n) is 7.63. The molecule has 0 amide bonds. The Balaban J connectivity index is 1.78. The summed E-state index contributed by atoms with van der Waals surface area (Å²) in [6.07, 6.45) is 2.69. The lowest BCUT2D eigenvalue weighted by molar-refractivity contribution is -0.137. The van der Waals surface area contributed by atoms with Crippen LogP contribution in [0.1, 0.15) is 43.2 Å². The number of benzene rings is 1. The molecule has 1 aliphatic heterocycles. The first-order chi connectivity index (χ1) is 16.0. The number of aryl methyl sites for hydroxylation is 1. The van der Waals surface area contributed by atoms with E-state index in [0.717, 1.165) is 17.7 Å². The number of thioether (sulfide) groups is 1. The highest BCUT2D eigenvalue weighted by atomic mass is 32.2. The smallest absolute Gasteiger partial charge is 0.316 e. The van der Waals surface area contributed by atoms with E-state index < -0.39 is 5.92 Å². The van der Waals surface area contributed by atoms with Crippen LogP contribution in [0.3, 0.4) is 0 Å². The maximum atomic E-state index is 13.2. The van der Waals surface area contributed by atoms with Crippen LogP contribution in [0.25, 0.3) is 0 Å². The van der Waals surface area contributed by atoms with Gasteiger partial charge in [-0.05, 0) is 30.4 Å². The number of methoxy groups -OCH3 is 1. The van der Waals surface area contributed by atoms with Gasteiger partial charge in [-0.3, -0.25) is 14.5 Å². The number of aromatic nitrogens is 2. The summed E-state index contributed by atoms with van der Waals surface area (Å²) in [5.41, 5.74) is 10.3. The topological polar surface area (TPSA) is 122 Å². The predicted octanol–water partition coefficient (Wildman–Crippen LogP) is 3.67. The average molecular weight is 482 g/mol. The fourth-order valence-electron chi connectivity index (χ4n) is 4.11. The van der Waals surface area contributed by atoms with Gasteiger partial charge in [0.25, 0.3) is 0 Å². The number of hydrogen-bond donors (Lipinski definition) is 1. The monoisotopic (exact) mass is 481 g/mol. The van der Waals surface area contributed by atoms with Crippen LogP contribution in [0.15, 0.2) is 51.3 Å². The van der Waals surface area contributed by atoms with Crippen LogP contribution in [0.5, 0.6) is 0 Å². The first-order valence-electron chi connectivity index (χ1n) is 10.6. The maximum Gasteiger partial charge on any atom is 0.316 e. The van der Waals surface area contributed by atoms with Gasteiger partial charge in [-0.1, -0.05) is 54.3 Å². The van der Waals surface area contributed by atoms with Gasteiger partial charge >= 0.3 is 5.97 Å². The van der Waals surface area contributed by atoms with E-state index in [0.29, 0.717) is 39.9 Å². The number of carbonyl (C=O) groups excluding carboxylic acids is 2. The molecule has 1 aromatic carbocycles. The summed E-state index contributed by atoms with van der Waals surface area (Å²) >= 11 is 2.47. The molecule has 170 valence electrons. The first kappa shape index (κ1) is 23.0. The molecule has 0 saturated carbocycles. The van der Waals surface area contributed by atoms with Gasteiger partial charge in [-0.2, -0.15) is 5.26 Å². The molecular formula is C23H23N5O3S2. The predicted molar refractivity (Wildman–Crippen MR) is 126 cm³/mol. The zero-order valence-corrected chi connectivity index (χ0v) is 20.0. The molecule has 2 N–H and O–H groups in total.